The molecular formula is C19H22ClN3O2. The van der Waals surface area contributed by atoms with Crippen molar-refractivity contribution in [2.24, 2.45) is 5.92 Å². The van der Waals surface area contributed by atoms with Crippen molar-refractivity contribution in [3.63, 3.8) is 0 Å². The van der Waals surface area contributed by atoms with E-state index in [9.17, 15) is 4.79 Å². The maximum absolute atomic E-state index is 12.8. The van der Waals surface area contributed by atoms with E-state index in [-0.39, 0.29) is 5.91 Å². The third-order valence-corrected chi connectivity index (χ3v) is 5.42. The Morgan fingerprint density at radius 1 is 1.20 bits per heavy atom. The minimum absolute atomic E-state index is 0.0753. The van der Waals surface area contributed by atoms with E-state index in [2.05, 4.69) is 29.4 Å². The standard InChI is InChI=1S/C19H22ClN3O2/c20-16-17(21-23-9-4-12-25-19(16)23)18(24)22-10-7-15(8-11-22)13-14-5-2-1-3-6-14/h1-3,5-6,15H,4,7-13H2. The number of aromatic nitrogens is 2. The Labute approximate surface area is 152 Å². The summed E-state index contributed by atoms with van der Waals surface area (Å²) in [5.41, 5.74) is 1.70. The first-order valence-corrected chi connectivity index (χ1v) is 9.32. The van der Waals surface area contributed by atoms with Gasteiger partial charge in [-0.15, -0.1) is 0 Å². The Kier molecular flexibility index (Phi) is 4.66. The zero-order valence-electron chi connectivity index (χ0n) is 14.2. The average molecular weight is 360 g/mol. The Balaban J connectivity index is 1.39. The molecule has 25 heavy (non-hydrogen) atoms. The van der Waals surface area contributed by atoms with Crippen LogP contribution in [0.3, 0.4) is 0 Å². The second kappa shape index (κ2) is 7.08. The minimum Gasteiger partial charge on any atom is -0.477 e. The van der Waals surface area contributed by atoms with E-state index in [1.807, 2.05) is 11.0 Å². The summed E-state index contributed by atoms with van der Waals surface area (Å²) >= 11 is 6.34. The summed E-state index contributed by atoms with van der Waals surface area (Å²) < 4.78 is 7.26. The summed E-state index contributed by atoms with van der Waals surface area (Å²) in [6, 6.07) is 10.6. The van der Waals surface area contributed by atoms with Crippen LogP contribution in [0.15, 0.2) is 30.3 Å². The van der Waals surface area contributed by atoms with Crippen molar-refractivity contribution in [1.29, 1.82) is 0 Å². The molecule has 0 radical (unpaired) electrons. The van der Waals surface area contributed by atoms with Gasteiger partial charge >= 0.3 is 0 Å². The summed E-state index contributed by atoms with van der Waals surface area (Å²) in [4.78, 5) is 14.7. The van der Waals surface area contributed by atoms with Crippen LogP contribution in [-0.2, 0) is 13.0 Å². The average Bonchev–Trinajstić information content (AvgIpc) is 3.00. The molecule has 0 N–H and O–H groups in total. The molecule has 6 heteroatoms. The number of hydrogen-bond acceptors (Lipinski definition) is 3. The molecule has 132 valence electrons. The Morgan fingerprint density at radius 3 is 2.68 bits per heavy atom. The normalized spacial score (nSPS) is 17.9. The quantitative estimate of drug-likeness (QED) is 0.843. The van der Waals surface area contributed by atoms with Gasteiger partial charge < -0.3 is 9.64 Å². The molecular weight excluding hydrogens is 338 g/mol. The van der Waals surface area contributed by atoms with Crippen LogP contribution in [0.4, 0.5) is 0 Å². The van der Waals surface area contributed by atoms with Gasteiger partial charge in [-0.25, -0.2) is 4.68 Å². The molecule has 0 bridgehead atoms. The minimum atomic E-state index is -0.0753. The Morgan fingerprint density at radius 2 is 1.96 bits per heavy atom. The van der Waals surface area contributed by atoms with Crippen molar-refractivity contribution in [2.75, 3.05) is 19.7 Å². The lowest BCUT2D eigenvalue weighted by Gasteiger charge is -2.31. The van der Waals surface area contributed by atoms with Crippen molar-refractivity contribution in [2.45, 2.75) is 32.2 Å². The molecule has 1 saturated heterocycles. The lowest BCUT2D eigenvalue weighted by molar-refractivity contribution is 0.0683. The van der Waals surface area contributed by atoms with Gasteiger partial charge in [-0.2, -0.15) is 5.10 Å². The maximum atomic E-state index is 12.8. The summed E-state index contributed by atoms with van der Waals surface area (Å²) in [6.45, 7) is 2.90. The van der Waals surface area contributed by atoms with E-state index in [1.165, 1.54) is 5.56 Å². The van der Waals surface area contributed by atoms with E-state index in [1.54, 1.807) is 4.68 Å². The van der Waals surface area contributed by atoms with Crippen molar-refractivity contribution < 1.29 is 9.53 Å². The van der Waals surface area contributed by atoms with Crippen LogP contribution in [0.1, 0.15) is 35.3 Å². The molecule has 0 saturated carbocycles. The van der Waals surface area contributed by atoms with Gasteiger partial charge in [0.25, 0.3) is 5.91 Å². The van der Waals surface area contributed by atoms with Crippen molar-refractivity contribution in [1.82, 2.24) is 14.7 Å². The zero-order chi connectivity index (χ0) is 17.2. The third kappa shape index (κ3) is 3.38. The predicted octanol–water partition coefficient (Wildman–Crippen LogP) is 3.41. The van der Waals surface area contributed by atoms with Gasteiger partial charge in [0.2, 0.25) is 5.88 Å². The number of amides is 1. The van der Waals surface area contributed by atoms with Crippen molar-refractivity contribution >= 4 is 17.5 Å². The van der Waals surface area contributed by atoms with Crippen LogP contribution < -0.4 is 4.74 Å². The topological polar surface area (TPSA) is 47.4 Å². The molecule has 1 aromatic carbocycles. The monoisotopic (exact) mass is 359 g/mol. The Hall–Kier alpha value is -2.01. The highest BCUT2D eigenvalue weighted by molar-refractivity contribution is 6.34. The molecule has 2 aromatic rings. The van der Waals surface area contributed by atoms with E-state index in [4.69, 9.17) is 16.3 Å². The molecule has 0 aliphatic carbocycles. The van der Waals surface area contributed by atoms with Gasteiger partial charge in [0.1, 0.15) is 5.02 Å². The van der Waals surface area contributed by atoms with Crippen LogP contribution in [0.5, 0.6) is 5.88 Å². The smallest absolute Gasteiger partial charge is 0.276 e. The molecule has 5 nitrogen and oxygen atoms in total. The number of benzene rings is 1. The number of halogens is 1. The van der Waals surface area contributed by atoms with Gasteiger partial charge in [-0.05, 0) is 30.7 Å². The van der Waals surface area contributed by atoms with Gasteiger partial charge in [-0.1, -0.05) is 41.9 Å². The second-order valence-corrected chi connectivity index (χ2v) is 7.20. The molecule has 3 heterocycles. The zero-order valence-corrected chi connectivity index (χ0v) is 14.9. The number of carbonyl (C=O) groups is 1. The largest absolute Gasteiger partial charge is 0.477 e. The number of likely N-dealkylation sites (tertiary alicyclic amines) is 1. The van der Waals surface area contributed by atoms with Crippen LogP contribution in [-0.4, -0.2) is 40.3 Å². The number of nitrogens with zero attached hydrogens (tertiary/aromatic N) is 3. The third-order valence-electron chi connectivity index (χ3n) is 5.08. The Bertz CT molecular complexity index is 752. The molecule has 1 aromatic heterocycles. The van der Waals surface area contributed by atoms with Gasteiger partial charge in [-0.3, -0.25) is 4.79 Å². The first kappa shape index (κ1) is 16.5. The first-order valence-electron chi connectivity index (χ1n) is 8.94. The molecule has 1 amide bonds. The molecule has 0 atom stereocenters. The van der Waals surface area contributed by atoms with Crippen molar-refractivity contribution in [3.8, 4) is 5.88 Å². The molecule has 0 unspecified atom stereocenters. The number of aryl methyl sites for hydroxylation is 1. The van der Waals surface area contributed by atoms with Crippen LogP contribution in [0.25, 0.3) is 0 Å². The SMILES string of the molecule is O=C(c1nn2c(c1Cl)OCCC2)N1CCC(Cc2ccccc2)CC1. The lowest BCUT2D eigenvalue weighted by Crippen LogP contribution is -2.39. The highest BCUT2D eigenvalue weighted by atomic mass is 35.5. The molecule has 0 spiro atoms. The van der Waals surface area contributed by atoms with E-state index < -0.39 is 0 Å². The molecule has 1 fully saturated rings. The highest BCUT2D eigenvalue weighted by Crippen LogP contribution is 2.32. The van der Waals surface area contributed by atoms with Crippen LogP contribution in [0.2, 0.25) is 5.02 Å². The number of piperidine rings is 1. The van der Waals surface area contributed by atoms with E-state index in [0.29, 0.717) is 29.1 Å². The fourth-order valence-corrected chi connectivity index (χ4v) is 3.94. The fourth-order valence-electron chi connectivity index (χ4n) is 3.67. The molecule has 2 aliphatic rings. The van der Waals surface area contributed by atoms with Gasteiger partial charge in [0.05, 0.1) is 6.61 Å². The number of carbonyl (C=O) groups excluding carboxylic acids is 1. The number of fused-ring (bicyclic) bond motifs is 1. The maximum Gasteiger partial charge on any atom is 0.276 e. The highest BCUT2D eigenvalue weighted by Gasteiger charge is 2.30. The van der Waals surface area contributed by atoms with Crippen LogP contribution >= 0.6 is 11.6 Å². The fraction of sp³-hybridized carbons (Fsp3) is 0.474. The molecule has 4 rings (SSSR count). The van der Waals surface area contributed by atoms with Gasteiger partial charge in [0.15, 0.2) is 5.69 Å². The second-order valence-electron chi connectivity index (χ2n) is 6.82. The summed E-state index contributed by atoms with van der Waals surface area (Å²) in [5, 5.41) is 4.74. The van der Waals surface area contributed by atoms with E-state index in [0.717, 1.165) is 45.3 Å². The first-order chi connectivity index (χ1) is 12.2. The summed E-state index contributed by atoms with van der Waals surface area (Å²) in [6.07, 6.45) is 4.00. The molecule has 2 aliphatic heterocycles. The van der Waals surface area contributed by atoms with E-state index >= 15 is 0 Å². The lowest BCUT2D eigenvalue weighted by atomic mass is 9.90. The van der Waals surface area contributed by atoms with Gasteiger partial charge in [0, 0.05) is 26.1 Å². The number of rotatable bonds is 3. The number of hydrogen-bond donors (Lipinski definition) is 0. The number of ether oxygens (including phenoxy) is 1. The van der Waals surface area contributed by atoms with Crippen molar-refractivity contribution in [3.05, 3.63) is 46.6 Å². The summed E-state index contributed by atoms with van der Waals surface area (Å²) in [5.74, 6) is 1.09. The predicted molar refractivity (Wildman–Crippen MR) is 96.1 cm³/mol. The summed E-state index contributed by atoms with van der Waals surface area (Å²) in [7, 11) is 0. The van der Waals surface area contributed by atoms with Crippen LogP contribution in [0, 0.1) is 5.92 Å².